The fraction of sp³-hybridized carbons (Fsp3) is 0.750. The zero-order valence-corrected chi connectivity index (χ0v) is 17.5. The summed E-state index contributed by atoms with van der Waals surface area (Å²) in [7, 11) is 0. The molecule has 1 aliphatic heterocycles. The largest absolute Gasteiger partial charge is 0.508 e. The number of ether oxygens (including phenoxy) is 2. The zero-order valence-electron chi connectivity index (χ0n) is 17.5. The maximum atomic E-state index is 8.63. The number of rotatable bonds is 16. The van der Waals surface area contributed by atoms with Crippen LogP contribution in [-0.2, 0) is 9.47 Å². The topological polar surface area (TPSA) is 42.0 Å². The average Bonchev–Trinajstić information content (AvgIpc) is 3.50. The quantitative estimate of drug-likeness (QED) is 0.252. The molecule has 3 nitrogen and oxygen atoms in total. The Bertz CT molecular complexity index is 403. The lowest BCUT2D eigenvalue weighted by atomic mass is 10.0. The summed E-state index contributed by atoms with van der Waals surface area (Å²) in [5, 5.41) is 8.63. The van der Waals surface area contributed by atoms with Gasteiger partial charge in [0.25, 0.3) is 0 Å². The number of epoxide rings is 1. The molecule has 156 valence electrons. The second-order valence-electron chi connectivity index (χ2n) is 7.61. The predicted molar refractivity (Wildman–Crippen MR) is 114 cm³/mol. The maximum absolute atomic E-state index is 8.63. The average molecular weight is 379 g/mol. The first-order chi connectivity index (χ1) is 13.3. The van der Waals surface area contributed by atoms with Crippen LogP contribution in [0.5, 0.6) is 5.75 Å². The van der Waals surface area contributed by atoms with Gasteiger partial charge in [0, 0.05) is 6.61 Å². The highest BCUT2D eigenvalue weighted by Crippen LogP contribution is 2.13. The van der Waals surface area contributed by atoms with Crippen LogP contribution in [0.1, 0.15) is 90.4 Å². The first-order valence-corrected chi connectivity index (χ1v) is 11.3. The number of para-hydroxylation sites is 1. The standard InChI is InChI=1S/C18H36O2.C6H6O/c1-2-3-4-5-6-7-8-9-10-11-12-13-14-15-19-16-18-17-20-18;7-6-4-2-1-3-5-6/h18H,2-17H2,1H3;1-5,7H. The zero-order chi connectivity index (χ0) is 19.4. The lowest BCUT2D eigenvalue weighted by Gasteiger charge is -2.03. The molecule has 1 saturated heterocycles. The number of phenolic OH excluding ortho intramolecular Hbond substituents is 1. The van der Waals surface area contributed by atoms with Gasteiger partial charge in [0.2, 0.25) is 0 Å². The molecule has 1 fully saturated rings. The predicted octanol–water partition coefficient (Wildman–Crippen LogP) is 6.89. The molecular weight excluding hydrogens is 336 g/mol. The van der Waals surface area contributed by atoms with Crippen LogP contribution in [0.2, 0.25) is 0 Å². The molecule has 1 N–H and O–H groups in total. The highest BCUT2D eigenvalue weighted by molar-refractivity contribution is 5.18. The summed E-state index contributed by atoms with van der Waals surface area (Å²) in [6.07, 6.45) is 18.8. The van der Waals surface area contributed by atoms with E-state index in [4.69, 9.17) is 14.6 Å². The first kappa shape index (κ1) is 24.0. The summed E-state index contributed by atoms with van der Waals surface area (Å²) in [6, 6.07) is 8.71. The molecule has 1 unspecified atom stereocenters. The summed E-state index contributed by atoms with van der Waals surface area (Å²) in [4.78, 5) is 0. The Morgan fingerprint density at radius 2 is 1.30 bits per heavy atom. The Labute approximate surface area is 167 Å². The molecule has 3 heteroatoms. The van der Waals surface area contributed by atoms with Gasteiger partial charge in [-0.25, -0.2) is 0 Å². The minimum absolute atomic E-state index is 0.322. The molecule has 1 aliphatic rings. The molecule has 2 rings (SSSR count). The van der Waals surface area contributed by atoms with Gasteiger partial charge in [-0.05, 0) is 18.6 Å². The molecule has 1 aromatic carbocycles. The van der Waals surface area contributed by atoms with Crippen molar-refractivity contribution in [2.75, 3.05) is 19.8 Å². The summed E-state index contributed by atoms with van der Waals surface area (Å²) in [5.41, 5.74) is 0. The smallest absolute Gasteiger partial charge is 0.115 e. The van der Waals surface area contributed by atoms with E-state index in [-0.39, 0.29) is 0 Å². The highest BCUT2D eigenvalue weighted by Gasteiger charge is 2.21. The van der Waals surface area contributed by atoms with Crippen LogP contribution in [-0.4, -0.2) is 31.0 Å². The fourth-order valence-corrected chi connectivity index (χ4v) is 3.03. The first-order valence-electron chi connectivity index (χ1n) is 11.3. The van der Waals surface area contributed by atoms with Gasteiger partial charge in [-0.3, -0.25) is 0 Å². The fourth-order valence-electron chi connectivity index (χ4n) is 3.03. The van der Waals surface area contributed by atoms with E-state index >= 15 is 0 Å². The molecule has 27 heavy (non-hydrogen) atoms. The Morgan fingerprint density at radius 3 is 1.70 bits per heavy atom. The number of benzene rings is 1. The molecule has 1 aromatic rings. The SMILES string of the molecule is CCCCCCCCCCCCCCCOCC1CO1.Oc1ccccc1. The van der Waals surface area contributed by atoms with Gasteiger partial charge >= 0.3 is 0 Å². The molecular formula is C24H42O3. The number of unbranched alkanes of at least 4 members (excludes halogenated alkanes) is 12. The van der Waals surface area contributed by atoms with E-state index in [9.17, 15) is 0 Å². The second-order valence-corrected chi connectivity index (χ2v) is 7.61. The van der Waals surface area contributed by atoms with E-state index in [1.807, 2.05) is 6.07 Å². The van der Waals surface area contributed by atoms with Gasteiger partial charge in [-0.2, -0.15) is 0 Å². The van der Waals surface area contributed by atoms with Gasteiger partial charge < -0.3 is 14.6 Å². The minimum Gasteiger partial charge on any atom is -0.508 e. The lowest BCUT2D eigenvalue weighted by molar-refractivity contribution is 0.113. The molecule has 0 aliphatic carbocycles. The normalized spacial score (nSPS) is 15.2. The Morgan fingerprint density at radius 1 is 0.815 bits per heavy atom. The molecule has 0 bridgehead atoms. The summed E-state index contributed by atoms with van der Waals surface area (Å²) >= 11 is 0. The van der Waals surface area contributed by atoms with Crippen molar-refractivity contribution in [3.05, 3.63) is 30.3 Å². The van der Waals surface area contributed by atoms with Gasteiger partial charge in [-0.1, -0.05) is 102 Å². The van der Waals surface area contributed by atoms with Crippen LogP contribution in [0, 0.1) is 0 Å². The van der Waals surface area contributed by atoms with Crippen molar-refractivity contribution in [3.8, 4) is 5.75 Å². The molecule has 1 heterocycles. The third kappa shape index (κ3) is 18.1. The van der Waals surface area contributed by atoms with E-state index in [1.165, 1.54) is 83.5 Å². The van der Waals surface area contributed by atoms with E-state index < -0.39 is 0 Å². The monoisotopic (exact) mass is 378 g/mol. The van der Waals surface area contributed by atoms with E-state index in [0.29, 0.717) is 11.9 Å². The van der Waals surface area contributed by atoms with Gasteiger partial charge in [-0.15, -0.1) is 0 Å². The molecule has 0 spiro atoms. The van der Waals surface area contributed by atoms with Crippen LogP contribution >= 0.6 is 0 Å². The number of phenols is 1. The second kappa shape index (κ2) is 18.3. The van der Waals surface area contributed by atoms with Crippen molar-refractivity contribution >= 4 is 0 Å². The minimum atomic E-state index is 0.322. The Balaban J connectivity index is 0.000000433. The van der Waals surface area contributed by atoms with Crippen molar-refractivity contribution in [3.63, 3.8) is 0 Å². The molecule has 0 saturated carbocycles. The summed E-state index contributed by atoms with van der Waals surface area (Å²) in [5.74, 6) is 0.322. The molecule has 0 aromatic heterocycles. The van der Waals surface area contributed by atoms with E-state index in [1.54, 1.807) is 24.3 Å². The molecule has 1 atom stereocenters. The van der Waals surface area contributed by atoms with Crippen LogP contribution in [0.3, 0.4) is 0 Å². The van der Waals surface area contributed by atoms with Crippen molar-refractivity contribution in [1.82, 2.24) is 0 Å². The number of hydrogen-bond donors (Lipinski definition) is 1. The molecule has 0 radical (unpaired) electrons. The maximum Gasteiger partial charge on any atom is 0.115 e. The third-order valence-corrected chi connectivity index (χ3v) is 4.85. The van der Waals surface area contributed by atoms with Gasteiger partial charge in [0.05, 0.1) is 13.2 Å². The van der Waals surface area contributed by atoms with Crippen LogP contribution in [0.4, 0.5) is 0 Å². The summed E-state index contributed by atoms with van der Waals surface area (Å²) in [6.45, 7) is 4.95. The van der Waals surface area contributed by atoms with Crippen LogP contribution in [0.25, 0.3) is 0 Å². The number of aromatic hydroxyl groups is 1. The highest BCUT2D eigenvalue weighted by atomic mass is 16.6. The van der Waals surface area contributed by atoms with Crippen molar-refractivity contribution in [1.29, 1.82) is 0 Å². The summed E-state index contributed by atoms with van der Waals surface area (Å²) < 4.78 is 10.6. The third-order valence-electron chi connectivity index (χ3n) is 4.85. The van der Waals surface area contributed by atoms with Crippen LogP contribution in [0.15, 0.2) is 30.3 Å². The van der Waals surface area contributed by atoms with Crippen LogP contribution < -0.4 is 0 Å². The van der Waals surface area contributed by atoms with Crippen molar-refractivity contribution in [2.45, 2.75) is 96.5 Å². The Kier molecular flexibility index (Phi) is 16.3. The Hall–Kier alpha value is -1.06. The van der Waals surface area contributed by atoms with E-state index in [2.05, 4.69) is 6.92 Å². The van der Waals surface area contributed by atoms with Crippen molar-refractivity contribution in [2.24, 2.45) is 0 Å². The van der Waals surface area contributed by atoms with Gasteiger partial charge in [0.15, 0.2) is 0 Å². The molecule has 0 amide bonds. The number of hydrogen-bond acceptors (Lipinski definition) is 3. The van der Waals surface area contributed by atoms with E-state index in [0.717, 1.165) is 19.8 Å². The lowest BCUT2D eigenvalue weighted by Crippen LogP contribution is -2.02. The van der Waals surface area contributed by atoms with Gasteiger partial charge in [0.1, 0.15) is 11.9 Å². The van der Waals surface area contributed by atoms with Crippen molar-refractivity contribution < 1.29 is 14.6 Å².